The molecule has 8 aliphatic rings. The van der Waals surface area contributed by atoms with E-state index in [-0.39, 0.29) is 5.78 Å². The zero-order valence-electron chi connectivity index (χ0n) is 47.5. The van der Waals surface area contributed by atoms with Gasteiger partial charge in [-0.25, -0.2) is 4.79 Å². The molecule has 0 aliphatic heterocycles. The second kappa shape index (κ2) is 9.54. The second-order valence-corrected chi connectivity index (χ2v) is 37.1. The highest BCUT2D eigenvalue weighted by molar-refractivity contribution is 7.80. The monoisotopic (exact) mass is 1130 g/mol. The Hall–Kier alpha value is -8.14. The minimum atomic E-state index is -2.82. The maximum Gasteiger partial charge on any atom is 0.344 e. The fourth-order valence-electron chi connectivity index (χ4n) is 31.6. The van der Waals surface area contributed by atoms with Crippen LogP contribution in [0.4, 0.5) is 0 Å². The smallest absolute Gasteiger partial charge is 0.344 e. The number of hydrogen-bond acceptors (Lipinski definition) is 4. The molecule has 8 aliphatic carbocycles. The van der Waals surface area contributed by atoms with Crippen molar-refractivity contribution in [1.29, 1.82) is 0 Å². The average Bonchev–Trinajstić information content (AvgIpc) is 1.38. The number of esters is 1. The van der Waals surface area contributed by atoms with Gasteiger partial charge >= 0.3 is 5.97 Å². The standard InChI is InChI=1S/C83H37O4P/c1-87-80(85)83(86)79(88(17-11-5-2-6-12-17,18-13-7-3-8-14-18)19-15-9-4-10-16-19)78(84)81-74-66-58-48-38-30-22-20-21-24-28-26(22)34-42-36(28)46-40-32(24)33-25(21)29-27-23(20)31(30)39-45-35(27)43-37(29)47-41(33)51-50(40)62-56(46)64-54(42)60(52(58)44(34)38)68(74)70(64)76-72(62)73-63(51)57(47)65-55(43)61-53(45)59(49(39)48)67(66)75(81)69(61)71(65)77(73)82(76,81)83/h17-19,86H,2-16H2,1H3. The quantitative estimate of drug-likeness (QED) is 0.108. The van der Waals surface area contributed by atoms with Crippen molar-refractivity contribution in [3.63, 3.8) is 0 Å². The molecule has 0 bridgehead atoms. The summed E-state index contributed by atoms with van der Waals surface area (Å²) >= 11 is 0. The summed E-state index contributed by atoms with van der Waals surface area (Å²) in [5.74, 6) is -0.331. The largest absolute Gasteiger partial charge is 0.467 e. The van der Waals surface area contributed by atoms with Gasteiger partial charge in [0.15, 0.2) is 5.78 Å². The zero-order valence-corrected chi connectivity index (χ0v) is 48.4. The predicted molar refractivity (Wildman–Crippen MR) is 368 cm³/mol. The molecule has 4 nitrogen and oxygen atoms in total. The van der Waals surface area contributed by atoms with Crippen molar-refractivity contribution in [3.05, 3.63) is 22.3 Å². The molecule has 5 heteroatoms. The third-order valence-corrected chi connectivity index (χ3v) is 38.6. The number of benzene rings is 18. The molecule has 28 aromatic rings. The van der Waals surface area contributed by atoms with Gasteiger partial charge in [-0.05, 0) is 369 Å². The molecule has 2 spiro atoms. The van der Waals surface area contributed by atoms with Gasteiger partial charge in [0.2, 0.25) is 5.60 Å². The summed E-state index contributed by atoms with van der Waals surface area (Å²) in [6.07, 6.45) is 17.3. The van der Waals surface area contributed by atoms with Gasteiger partial charge in [-0.15, -0.1) is 0 Å². The summed E-state index contributed by atoms with van der Waals surface area (Å²) in [7, 11) is 1.61. The Balaban J connectivity index is 1.00. The number of rotatable bonds is 4. The number of carbonyl (C=O) groups is 2. The summed E-state index contributed by atoms with van der Waals surface area (Å²) in [5, 5.41) is 97.5. The molecule has 0 saturated heterocycles. The Labute approximate surface area is 490 Å². The van der Waals surface area contributed by atoms with Crippen LogP contribution in [0, 0.1) is 0 Å². The molecule has 0 heterocycles. The van der Waals surface area contributed by atoms with Crippen LogP contribution in [-0.2, 0) is 25.2 Å². The number of methoxy groups -OCH3 is 1. The lowest BCUT2D eigenvalue weighted by Crippen LogP contribution is -2.65. The third-order valence-electron chi connectivity index (χ3n) is 32.2. The molecule has 1 N–H and O–H groups in total. The lowest BCUT2D eigenvalue weighted by molar-refractivity contribution is -0.160. The minimum Gasteiger partial charge on any atom is -0.467 e. The molecular formula is C83H37O4P. The SMILES string of the molecule is COC(=O)C1(O)C(=P(C2CCCCC2)(C2CCCCC2)C2CCCCC2)C(=O)C23c4c5c6c7c8c9c(c%10c%11c2c2c4c4c%12c5c5c6c6c8c8c%13c9c9c%10c%10c%11c%11c2c2c4c4c%12c%12c5c5c6c8c6c8c%13c9c9c%10c%10c%11c2c2c4c4c%12c5c6c5c8c9c%10c2c45)C713. The first kappa shape index (κ1) is 38.3. The van der Waals surface area contributed by atoms with E-state index < -0.39 is 29.3 Å². The summed E-state index contributed by atoms with van der Waals surface area (Å²) < 4.78 is 6.77. The first-order chi connectivity index (χ1) is 43.6. The molecule has 1 atom stereocenters. The normalized spacial score (nSPS) is 26.1. The maximum absolute atomic E-state index is 20.0. The first-order valence-electron chi connectivity index (χ1n) is 34.4. The average molecular weight is 1130 g/mol. The van der Waals surface area contributed by atoms with E-state index >= 15 is 14.7 Å². The highest BCUT2D eigenvalue weighted by Crippen LogP contribution is 2.89. The van der Waals surface area contributed by atoms with Crippen LogP contribution >= 0.6 is 6.89 Å². The molecular weight excluding hydrogens is 1090 g/mol. The van der Waals surface area contributed by atoms with Crippen molar-refractivity contribution in [2.45, 2.75) is 130 Å². The molecule has 4 saturated carbocycles. The summed E-state index contributed by atoms with van der Waals surface area (Å²) in [4.78, 5) is 37.7. The van der Waals surface area contributed by atoms with Gasteiger partial charge in [-0.2, -0.15) is 0 Å². The lowest BCUT2D eigenvalue weighted by Gasteiger charge is -2.54. The second-order valence-electron chi connectivity index (χ2n) is 32.8. The van der Waals surface area contributed by atoms with Crippen LogP contribution in [-0.4, -0.2) is 51.8 Å². The molecule has 4 fully saturated rings. The van der Waals surface area contributed by atoms with Crippen molar-refractivity contribution >= 4 is 315 Å². The van der Waals surface area contributed by atoms with Gasteiger partial charge < -0.3 is 9.84 Å². The fraction of sp³-hybridized carbons (Fsp3) is 0.265. The zero-order chi connectivity index (χ0) is 54.3. The maximum atomic E-state index is 20.0. The molecule has 0 amide bonds. The van der Waals surface area contributed by atoms with Gasteiger partial charge in [-0.3, -0.25) is 4.79 Å². The van der Waals surface area contributed by atoms with E-state index in [1.54, 1.807) is 71.7 Å². The topological polar surface area (TPSA) is 63.6 Å². The van der Waals surface area contributed by atoms with Crippen molar-refractivity contribution in [3.8, 4) is 0 Å². The van der Waals surface area contributed by atoms with Crippen molar-refractivity contribution in [2.24, 2.45) is 0 Å². The Bertz CT molecular complexity index is 7800. The first-order valence-corrected chi connectivity index (χ1v) is 36.4. The van der Waals surface area contributed by atoms with Gasteiger partial charge in [0.25, 0.3) is 0 Å². The molecule has 36 rings (SSSR count). The van der Waals surface area contributed by atoms with E-state index in [1.165, 1.54) is 306 Å². The molecule has 0 aromatic heterocycles. The lowest BCUT2D eigenvalue weighted by atomic mass is 9.47. The van der Waals surface area contributed by atoms with E-state index in [0.717, 1.165) is 43.8 Å². The number of carbonyl (C=O) groups excluding carboxylic acids is 2. The number of Topliss-reactive ketones (excluding diaryl/α,β-unsaturated/α-hetero) is 1. The predicted octanol–water partition coefficient (Wildman–Crippen LogP) is 21.0. The van der Waals surface area contributed by atoms with E-state index in [0.29, 0.717) is 17.0 Å². The highest BCUT2D eigenvalue weighted by atomic mass is 31.2. The van der Waals surface area contributed by atoms with Crippen molar-refractivity contribution < 1.29 is 19.4 Å². The molecule has 88 heavy (non-hydrogen) atoms. The van der Waals surface area contributed by atoms with Gasteiger partial charge in [-0.1, -0.05) is 64.7 Å². The summed E-state index contributed by atoms with van der Waals surface area (Å²) in [5.41, 5.74) is 0.564. The highest BCUT2D eigenvalue weighted by Gasteiger charge is 2.87. The van der Waals surface area contributed by atoms with Gasteiger partial charge in [0.05, 0.1) is 12.5 Å². The van der Waals surface area contributed by atoms with Crippen molar-refractivity contribution in [2.75, 3.05) is 7.11 Å². The van der Waals surface area contributed by atoms with E-state index in [9.17, 15) is 0 Å². The molecule has 28 aromatic carbocycles. The minimum absolute atomic E-state index is 0.199. The van der Waals surface area contributed by atoms with Crippen molar-refractivity contribution in [1.82, 2.24) is 0 Å². The number of ketones is 1. The molecule has 398 valence electrons. The van der Waals surface area contributed by atoms with Crippen LogP contribution in [0.5, 0.6) is 0 Å². The van der Waals surface area contributed by atoms with E-state index in [4.69, 9.17) is 4.74 Å². The van der Waals surface area contributed by atoms with Gasteiger partial charge in [0.1, 0.15) is 5.41 Å². The Morgan fingerprint density at radius 3 is 0.682 bits per heavy atom. The fourth-order valence-corrected chi connectivity index (χ4v) is 39.5. The van der Waals surface area contributed by atoms with Crippen LogP contribution in [0.15, 0.2) is 0 Å². The van der Waals surface area contributed by atoms with E-state index in [1.807, 2.05) is 0 Å². The van der Waals surface area contributed by atoms with Crippen LogP contribution in [0.3, 0.4) is 0 Å². The number of aliphatic hydroxyl groups is 1. The number of ether oxygens (including phenoxy) is 1. The van der Waals surface area contributed by atoms with Crippen LogP contribution in [0.1, 0.15) is 119 Å². The van der Waals surface area contributed by atoms with E-state index in [2.05, 4.69) is 0 Å². The van der Waals surface area contributed by atoms with Gasteiger partial charge in [0, 0.05) is 5.29 Å². The van der Waals surface area contributed by atoms with Crippen LogP contribution < -0.4 is 0 Å². The van der Waals surface area contributed by atoms with Crippen LogP contribution in [0.25, 0.3) is 291 Å². The number of hydrogen-bond donors (Lipinski definition) is 1. The Morgan fingerprint density at radius 1 is 0.307 bits per heavy atom. The third kappa shape index (κ3) is 2.31. The summed E-state index contributed by atoms with van der Waals surface area (Å²) in [6, 6.07) is 0. The Kier molecular flexibility index (Phi) is 4.15. The molecule has 1 unspecified atom stereocenters. The molecule has 0 radical (unpaired) electrons. The Morgan fingerprint density at radius 2 is 0.489 bits per heavy atom. The summed E-state index contributed by atoms with van der Waals surface area (Å²) in [6.45, 7) is -2.82. The van der Waals surface area contributed by atoms with Crippen LogP contribution in [0.2, 0.25) is 0 Å².